The highest BCUT2D eigenvalue weighted by Crippen LogP contribution is 2.20. The molecule has 0 saturated carbocycles. The Balaban J connectivity index is 2.72. The average molecular weight is 237 g/mol. The lowest BCUT2D eigenvalue weighted by molar-refractivity contribution is 0.0494. The minimum Gasteiger partial charge on any atom is -0.371 e. The summed E-state index contributed by atoms with van der Waals surface area (Å²) in [5, 5.41) is 3.27. The van der Waals surface area contributed by atoms with Gasteiger partial charge < -0.3 is 10.1 Å². The van der Waals surface area contributed by atoms with E-state index < -0.39 is 0 Å². The molecule has 1 unspecified atom stereocenters. The molecule has 0 saturated heterocycles. The van der Waals surface area contributed by atoms with E-state index in [9.17, 15) is 0 Å². The smallest absolute Gasteiger partial charge is 0.159 e. The molecule has 0 spiro atoms. The maximum Gasteiger partial charge on any atom is 0.159 e. The molecule has 0 aromatic carbocycles. The van der Waals surface area contributed by atoms with Gasteiger partial charge in [0.15, 0.2) is 5.82 Å². The van der Waals surface area contributed by atoms with Crippen molar-refractivity contribution in [1.82, 2.24) is 9.97 Å². The zero-order valence-corrected chi connectivity index (χ0v) is 11.1. The normalized spacial score (nSPS) is 12.4. The summed E-state index contributed by atoms with van der Waals surface area (Å²) in [7, 11) is 0. The second-order valence-electron chi connectivity index (χ2n) is 3.96. The molecule has 0 bridgehead atoms. The molecule has 1 aromatic rings. The molecule has 1 N–H and O–H groups in total. The minimum absolute atomic E-state index is 0.0216. The molecule has 1 rings (SSSR count). The van der Waals surface area contributed by atoms with Crippen LogP contribution >= 0.6 is 0 Å². The number of nitrogens with one attached hydrogen (secondary N) is 1. The topological polar surface area (TPSA) is 47.0 Å². The molecular formula is C13H23N3O. The van der Waals surface area contributed by atoms with E-state index in [1.54, 1.807) is 6.20 Å². The predicted octanol–water partition coefficient (Wildman–Crippen LogP) is 3.18. The van der Waals surface area contributed by atoms with Crippen LogP contribution in [0, 0.1) is 0 Å². The fraction of sp³-hybridized carbons (Fsp3) is 0.692. The Kier molecular flexibility index (Phi) is 6.55. The molecule has 1 aromatic heterocycles. The number of anilines is 1. The van der Waals surface area contributed by atoms with Gasteiger partial charge in [-0.15, -0.1) is 0 Å². The number of hydrogen-bond donors (Lipinski definition) is 1. The highest BCUT2D eigenvalue weighted by molar-refractivity contribution is 5.32. The predicted molar refractivity (Wildman–Crippen MR) is 70.1 cm³/mol. The Labute approximate surface area is 104 Å². The second kappa shape index (κ2) is 8.01. The third-order valence-electron chi connectivity index (χ3n) is 2.44. The monoisotopic (exact) mass is 237 g/mol. The van der Waals surface area contributed by atoms with Gasteiger partial charge in [-0.3, -0.25) is 0 Å². The van der Waals surface area contributed by atoms with Gasteiger partial charge in [0, 0.05) is 19.3 Å². The Morgan fingerprint density at radius 1 is 1.29 bits per heavy atom. The van der Waals surface area contributed by atoms with E-state index in [2.05, 4.69) is 29.1 Å². The van der Waals surface area contributed by atoms with E-state index in [4.69, 9.17) is 4.74 Å². The van der Waals surface area contributed by atoms with Gasteiger partial charge >= 0.3 is 0 Å². The maximum absolute atomic E-state index is 5.68. The Hall–Kier alpha value is -1.16. The van der Waals surface area contributed by atoms with E-state index in [1.807, 2.05) is 13.0 Å². The lowest BCUT2D eigenvalue weighted by Crippen LogP contribution is -2.11. The number of rotatable bonds is 8. The first-order valence-corrected chi connectivity index (χ1v) is 6.50. The van der Waals surface area contributed by atoms with Crippen molar-refractivity contribution in [1.29, 1.82) is 0 Å². The van der Waals surface area contributed by atoms with Crippen LogP contribution in [0.3, 0.4) is 0 Å². The van der Waals surface area contributed by atoms with Crippen molar-refractivity contribution in [3.05, 3.63) is 18.1 Å². The summed E-state index contributed by atoms with van der Waals surface area (Å²) in [5.74, 6) is 1.67. The van der Waals surface area contributed by atoms with E-state index >= 15 is 0 Å². The van der Waals surface area contributed by atoms with E-state index in [0.29, 0.717) is 6.61 Å². The summed E-state index contributed by atoms with van der Waals surface area (Å²) in [6, 6.07) is 1.90. The third kappa shape index (κ3) is 4.69. The number of hydrogen-bond acceptors (Lipinski definition) is 4. The zero-order chi connectivity index (χ0) is 12.5. The Bertz CT molecular complexity index is 311. The molecule has 1 atom stereocenters. The van der Waals surface area contributed by atoms with Gasteiger partial charge in [-0.05, 0) is 25.8 Å². The van der Waals surface area contributed by atoms with Crippen LogP contribution in [0.25, 0.3) is 0 Å². The molecule has 0 aliphatic heterocycles. The van der Waals surface area contributed by atoms with Crippen molar-refractivity contribution in [3.63, 3.8) is 0 Å². The number of aromatic nitrogens is 2. The Morgan fingerprint density at radius 3 is 2.76 bits per heavy atom. The zero-order valence-electron chi connectivity index (χ0n) is 11.1. The summed E-state index contributed by atoms with van der Waals surface area (Å²) in [6.07, 6.45) is 4.94. The van der Waals surface area contributed by atoms with Crippen molar-refractivity contribution >= 4 is 5.82 Å². The molecular weight excluding hydrogens is 214 g/mol. The van der Waals surface area contributed by atoms with Crippen molar-refractivity contribution in [2.75, 3.05) is 18.5 Å². The molecule has 0 fully saturated rings. The molecule has 0 radical (unpaired) electrons. The molecule has 96 valence electrons. The summed E-state index contributed by atoms with van der Waals surface area (Å²) >= 11 is 0. The molecule has 17 heavy (non-hydrogen) atoms. The van der Waals surface area contributed by atoms with Crippen molar-refractivity contribution in [2.24, 2.45) is 0 Å². The van der Waals surface area contributed by atoms with E-state index in [0.717, 1.165) is 37.4 Å². The van der Waals surface area contributed by atoms with E-state index in [1.165, 1.54) is 0 Å². The highest BCUT2D eigenvalue weighted by Gasteiger charge is 2.13. The van der Waals surface area contributed by atoms with Crippen LogP contribution in [0.5, 0.6) is 0 Å². The summed E-state index contributed by atoms with van der Waals surface area (Å²) in [4.78, 5) is 8.81. The van der Waals surface area contributed by atoms with Crippen molar-refractivity contribution in [3.8, 4) is 0 Å². The Morgan fingerprint density at radius 2 is 2.12 bits per heavy atom. The van der Waals surface area contributed by atoms with Crippen LogP contribution in [-0.4, -0.2) is 23.1 Å². The van der Waals surface area contributed by atoms with Crippen LogP contribution in [0.15, 0.2) is 12.3 Å². The summed E-state index contributed by atoms with van der Waals surface area (Å²) < 4.78 is 5.68. The molecule has 1 heterocycles. The van der Waals surface area contributed by atoms with Gasteiger partial charge in [-0.2, -0.15) is 0 Å². The summed E-state index contributed by atoms with van der Waals surface area (Å²) in [5.41, 5.74) is 0. The average Bonchev–Trinajstić information content (AvgIpc) is 2.36. The van der Waals surface area contributed by atoms with Gasteiger partial charge in [-0.25, -0.2) is 9.97 Å². The van der Waals surface area contributed by atoms with Gasteiger partial charge in [0.2, 0.25) is 0 Å². The van der Waals surface area contributed by atoms with Gasteiger partial charge in [-0.1, -0.05) is 20.3 Å². The molecule has 0 aliphatic rings. The maximum atomic E-state index is 5.68. The van der Waals surface area contributed by atoms with Gasteiger partial charge in [0.1, 0.15) is 11.9 Å². The molecule has 4 nitrogen and oxygen atoms in total. The molecule has 0 amide bonds. The fourth-order valence-electron chi connectivity index (χ4n) is 1.63. The van der Waals surface area contributed by atoms with Gasteiger partial charge in [0.05, 0.1) is 0 Å². The first kappa shape index (κ1) is 13.9. The standard InChI is InChI=1S/C13H23N3O/c1-4-7-11(17-6-3)13-15-10-8-12(16-13)14-9-5-2/h8,10-11H,4-7,9H2,1-3H3,(H,14,15,16). The lowest BCUT2D eigenvalue weighted by Gasteiger charge is -2.15. The summed E-state index contributed by atoms with van der Waals surface area (Å²) in [6.45, 7) is 7.91. The SMILES string of the molecule is CCCNc1ccnc(C(CCC)OCC)n1. The highest BCUT2D eigenvalue weighted by atomic mass is 16.5. The largest absolute Gasteiger partial charge is 0.371 e. The van der Waals surface area contributed by atoms with Crippen molar-refractivity contribution in [2.45, 2.75) is 46.1 Å². The van der Waals surface area contributed by atoms with Gasteiger partial charge in [0.25, 0.3) is 0 Å². The first-order chi connectivity index (χ1) is 8.31. The fourth-order valence-corrected chi connectivity index (χ4v) is 1.63. The van der Waals surface area contributed by atoms with Crippen LogP contribution in [0.4, 0.5) is 5.82 Å². The van der Waals surface area contributed by atoms with E-state index in [-0.39, 0.29) is 6.10 Å². The molecule has 0 aliphatic carbocycles. The molecule has 4 heteroatoms. The first-order valence-electron chi connectivity index (χ1n) is 6.50. The third-order valence-corrected chi connectivity index (χ3v) is 2.44. The van der Waals surface area contributed by atoms with Crippen LogP contribution < -0.4 is 5.32 Å². The van der Waals surface area contributed by atoms with Crippen LogP contribution in [-0.2, 0) is 4.74 Å². The second-order valence-corrected chi connectivity index (χ2v) is 3.96. The minimum atomic E-state index is 0.0216. The lowest BCUT2D eigenvalue weighted by atomic mass is 10.2. The van der Waals surface area contributed by atoms with Crippen LogP contribution in [0.1, 0.15) is 52.0 Å². The number of ether oxygens (including phenoxy) is 1. The number of nitrogens with zero attached hydrogens (tertiary/aromatic N) is 2. The quantitative estimate of drug-likeness (QED) is 0.754. The van der Waals surface area contributed by atoms with Crippen molar-refractivity contribution < 1.29 is 4.74 Å². The van der Waals surface area contributed by atoms with Crippen LogP contribution in [0.2, 0.25) is 0 Å².